The largest absolute Gasteiger partial charge is 0.395 e. The van der Waals surface area contributed by atoms with Gasteiger partial charge in [-0.1, -0.05) is 54.1 Å². The monoisotopic (exact) mass is 372 g/mol. The number of piperazine rings is 1. The molecule has 1 saturated heterocycles. The highest BCUT2D eigenvalue weighted by molar-refractivity contribution is 6.30. The van der Waals surface area contributed by atoms with Crippen molar-refractivity contribution >= 4 is 17.5 Å². The van der Waals surface area contributed by atoms with E-state index in [0.717, 1.165) is 37.3 Å². The Balaban J connectivity index is 1.73. The smallest absolute Gasteiger partial charge is 0.223 e. The second-order valence-electron chi connectivity index (χ2n) is 6.67. The Morgan fingerprint density at radius 3 is 2.35 bits per heavy atom. The van der Waals surface area contributed by atoms with Gasteiger partial charge in [0.15, 0.2) is 0 Å². The number of amides is 1. The van der Waals surface area contributed by atoms with Crippen LogP contribution in [0.1, 0.15) is 23.5 Å². The third-order valence-electron chi connectivity index (χ3n) is 4.97. The number of carbonyl (C=O) groups excluding carboxylic acids is 1. The first kappa shape index (κ1) is 18.9. The number of nitrogens with zero attached hydrogens (tertiary/aromatic N) is 2. The molecule has 1 N–H and O–H groups in total. The quantitative estimate of drug-likeness (QED) is 0.847. The van der Waals surface area contributed by atoms with Gasteiger partial charge in [-0.25, -0.2) is 0 Å². The van der Waals surface area contributed by atoms with Gasteiger partial charge in [0.05, 0.1) is 6.61 Å². The molecule has 3 rings (SSSR count). The van der Waals surface area contributed by atoms with Crippen molar-refractivity contribution < 1.29 is 9.90 Å². The molecule has 2 aromatic rings. The second-order valence-corrected chi connectivity index (χ2v) is 7.10. The van der Waals surface area contributed by atoms with Crippen LogP contribution >= 0.6 is 11.6 Å². The molecule has 1 amide bonds. The lowest BCUT2D eigenvalue weighted by molar-refractivity contribution is -0.133. The minimum Gasteiger partial charge on any atom is -0.395 e. The van der Waals surface area contributed by atoms with E-state index < -0.39 is 0 Å². The summed E-state index contributed by atoms with van der Waals surface area (Å²) in [4.78, 5) is 17.1. The van der Waals surface area contributed by atoms with Gasteiger partial charge in [-0.3, -0.25) is 9.69 Å². The zero-order valence-electron chi connectivity index (χ0n) is 14.9. The van der Waals surface area contributed by atoms with Gasteiger partial charge in [0.1, 0.15) is 0 Å². The molecular formula is C21H25ClN2O2. The van der Waals surface area contributed by atoms with Gasteiger partial charge in [-0.15, -0.1) is 0 Å². The van der Waals surface area contributed by atoms with Gasteiger partial charge >= 0.3 is 0 Å². The lowest BCUT2D eigenvalue weighted by atomic mass is 9.88. The maximum Gasteiger partial charge on any atom is 0.223 e. The maximum atomic E-state index is 12.9. The molecular weight excluding hydrogens is 348 g/mol. The van der Waals surface area contributed by atoms with Crippen molar-refractivity contribution in [2.45, 2.75) is 12.3 Å². The van der Waals surface area contributed by atoms with Gasteiger partial charge in [-0.05, 0) is 23.3 Å². The van der Waals surface area contributed by atoms with Crippen LogP contribution in [0.3, 0.4) is 0 Å². The van der Waals surface area contributed by atoms with Crippen LogP contribution < -0.4 is 0 Å². The van der Waals surface area contributed by atoms with Crippen molar-refractivity contribution in [2.75, 3.05) is 39.3 Å². The summed E-state index contributed by atoms with van der Waals surface area (Å²) in [5.41, 5.74) is 2.19. The minimum absolute atomic E-state index is 0.00197. The fraction of sp³-hybridized carbons (Fsp3) is 0.381. The SMILES string of the molecule is O=C(CC(c1ccccc1)c1cccc(Cl)c1)N1CCN(CCO)CC1. The van der Waals surface area contributed by atoms with Crippen LogP contribution in [0.25, 0.3) is 0 Å². The Kier molecular flexibility index (Phi) is 6.67. The molecule has 1 unspecified atom stereocenters. The molecule has 1 aliphatic rings. The molecule has 4 nitrogen and oxygen atoms in total. The molecule has 1 atom stereocenters. The van der Waals surface area contributed by atoms with Crippen LogP contribution in [0.15, 0.2) is 54.6 Å². The molecule has 138 valence electrons. The summed E-state index contributed by atoms with van der Waals surface area (Å²) in [5.74, 6) is 0.167. The summed E-state index contributed by atoms with van der Waals surface area (Å²) in [7, 11) is 0. The third kappa shape index (κ3) is 4.85. The maximum absolute atomic E-state index is 12.9. The van der Waals surface area contributed by atoms with E-state index in [-0.39, 0.29) is 18.4 Å². The number of benzene rings is 2. The third-order valence-corrected chi connectivity index (χ3v) is 5.21. The number of hydrogen-bond donors (Lipinski definition) is 1. The predicted octanol–water partition coefficient (Wildman–Crippen LogP) is 3.00. The second kappa shape index (κ2) is 9.17. The lowest BCUT2D eigenvalue weighted by Gasteiger charge is -2.35. The number of rotatable bonds is 6. The first-order chi connectivity index (χ1) is 12.7. The van der Waals surface area contributed by atoms with Crippen LogP contribution in [0.5, 0.6) is 0 Å². The molecule has 0 saturated carbocycles. The fourth-order valence-corrected chi connectivity index (χ4v) is 3.70. The Hall–Kier alpha value is -1.88. The normalized spacial score (nSPS) is 16.5. The van der Waals surface area contributed by atoms with E-state index in [4.69, 9.17) is 16.7 Å². The summed E-state index contributed by atoms with van der Waals surface area (Å²) in [6.45, 7) is 3.92. The van der Waals surface area contributed by atoms with E-state index in [0.29, 0.717) is 18.0 Å². The van der Waals surface area contributed by atoms with Crippen molar-refractivity contribution in [1.82, 2.24) is 9.80 Å². The molecule has 5 heteroatoms. The first-order valence-corrected chi connectivity index (χ1v) is 9.46. The number of hydrogen-bond acceptors (Lipinski definition) is 3. The Morgan fingerprint density at radius 1 is 1.00 bits per heavy atom. The van der Waals surface area contributed by atoms with Gasteiger partial charge in [0.25, 0.3) is 0 Å². The van der Waals surface area contributed by atoms with Crippen molar-refractivity contribution in [1.29, 1.82) is 0 Å². The average Bonchev–Trinajstić information content (AvgIpc) is 2.67. The van der Waals surface area contributed by atoms with Gasteiger partial charge < -0.3 is 10.0 Å². The van der Waals surface area contributed by atoms with Gasteiger partial charge in [0, 0.05) is 50.1 Å². The van der Waals surface area contributed by atoms with Crippen LogP contribution in [0, 0.1) is 0 Å². The highest BCUT2D eigenvalue weighted by Crippen LogP contribution is 2.30. The average molecular weight is 373 g/mol. The summed E-state index contributed by atoms with van der Waals surface area (Å²) in [6.07, 6.45) is 0.435. The van der Waals surface area contributed by atoms with Crippen molar-refractivity contribution in [3.63, 3.8) is 0 Å². The highest BCUT2D eigenvalue weighted by Gasteiger charge is 2.25. The van der Waals surface area contributed by atoms with Crippen LogP contribution in [-0.4, -0.2) is 60.1 Å². The van der Waals surface area contributed by atoms with Gasteiger partial charge in [0.2, 0.25) is 5.91 Å². The van der Waals surface area contributed by atoms with Crippen molar-refractivity contribution in [3.8, 4) is 0 Å². The molecule has 0 aromatic heterocycles. The summed E-state index contributed by atoms with van der Waals surface area (Å²) in [5, 5.41) is 9.74. The molecule has 0 bridgehead atoms. The van der Waals surface area contributed by atoms with Crippen molar-refractivity contribution in [3.05, 3.63) is 70.7 Å². The van der Waals surface area contributed by atoms with Crippen LogP contribution in [0.2, 0.25) is 5.02 Å². The predicted molar refractivity (Wildman–Crippen MR) is 104 cm³/mol. The summed E-state index contributed by atoms with van der Waals surface area (Å²) < 4.78 is 0. The van der Waals surface area contributed by atoms with E-state index in [1.807, 2.05) is 47.4 Å². The summed E-state index contributed by atoms with van der Waals surface area (Å²) >= 11 is 6.19. The zero-order valence-corrected chi connectivity index (χ0v) is 15.6. The van der Waals surface area contributed by atoms with Crippen molar-refractivity contribution in [2.24, 2.45) is 0 Å². The number of halogens is 1. The topological polar surface area (TPSA) is 43.8 Å². The number of aliphatic hydroxyl groups excluding tert-OH is 1. The molecule has 0 spiro atoms. The number of carbonyl (C=O) groups is 1. The van der Waals surface area contributed by atoms with Crippen LogP contribution in [0.4, 0.5) is 0 Å². The molecule has 26 heavy (non-hydrogen) atoms. The Bertz CT molecular complexity index is 715. The Morgan fingerprint density at radius 2 is 1.69 bits per heavy atom. The zero-order chi connectivity index (χ0) is 18.4. The van der Waals surface area contributed by atoms with E-state index in [1.165, 1.54) is 0 Å². The van der Waals surface area contributed by atoms with Gasteiger partial charge in [-0.2, -0.15) is 0 Å². The number of aliphatic hydroxyl groups is 1. The highest BCUT2D eigenvalue weighted by atomic mass is 35.5. The molecule has 0 radical (unpaired) electrons. The molecule has 1 heterocycles. The molecule has 2 aromatic carbocycles. The molecule has 1 fully saturated rings. The number of β-amino-alcohol motifs (C(OH)–C–C–N with tert-alkyl or cyclic N) is 1. The van der Waals surface area contributed by atoms with Crippen LogP contribution in [-0.2, 0) is 4.79 Å². The van der Waals surface area contributed by atoms with E-state index in [1.54, 1.807) is 0 Å². The van der Waals surface area contributed by atoms with E-state index >= 15 is 0 Å². The Labute approximate surface area is 160 Å². The minimum atomic E-state index is -0.00197. The van der Waals surface area contributed by atoms with E-state index in [9.17, 15) is 4.79 Å². The molecule has 1 aliphatic heterocycles. The lowest BCUT2D eigenvalue weighted by Crippen LogP contribution is -2.49. The summed E-state index contributed by atoms with van der Waals surface area (Å²) in [6, 6.07) is 17.9. The molecule has 0 aliphatic carbocycles. The first-order valence-electron chi connectivity index (χ1n) is 9.09. The standard InChI is InChI=1S/C21H25ClN2O2/c22-19-8-4-7-18(15-19)20(17-5-2-1-3-6-17)16-21(26)24-11-9-23(10-12-24)13-14-25/h1-8,15,20,25H,9-14,16H2. The van der Waals surface area contributed by atoms with E-state index in [2.05, 4.69) is 17.0 Å². The fourth-order valence-electron chi connectivity index (χ4n) is 3.50.